The lowest BCUT2D eigenvalue weighted by Crippen LogP contribution is -2.49. The van der Waals surface area contributed by atoms with Gasteiger partial charge in [0.05, 0.1) is 30.7 Å². The minimum Gasteiger partial charge on any atom is -0.497 e. The van der Waals surface area contributed by atoms with Gasteiger partial charge in [-0.15, -0.1) is 0 Å². The zero-order valence-electron chi connectivity index (χ0n) is 22.9. The van der Waals surface area contributed by atoms with Crippen LogP contribution in [0.5, 0.6) is 5.75 Å². The summed E-state index contributed by atoms with van der Waals surface area (Å²) in [7, 11) is 1.56. The molecule has 7 heteroatoms. The number of hydrogen-bond acceptors (Lipinski definition) is 6. The first-order chi connectivity index (χ1) is 20.6. The van der Waals surface area contributed by atoms with E-state index in [-0.39, 0.29) is 5.91 Å². The van der Waals surface area contributed by atoms with Crippen molar-refractivity contribution in [2.45, 2.75) is 18.2 Å². The Morgan fingerprint density at radius 3 is 1.98 bits per heavy atom. The predicted octanol–water partition coefficient (Wildman–Crippen LogP) is 5.42. The lowest BCUT2D eigenvalue weighted by Gasteiger charge is -2.36. The molecule has 208 valence electrons. The van der Waals surface area contributed by atoms with E-state index in [0.717, 1.165) is 22.4 Å². The number of nitrogens with zero attached hydrogens (tertiary/aromatic N) is 2. The summed E-state index contributed by atoms with van der Waals surface area (Å²) in [6.07, 6.45) is 3.21. The van der Waals surface area contributed by atoms with E-state index in [0.29, 0.717) is 11.4 Å². The van der Waals surface area contributed by atoms with Gasteiger partial charge in [-0.1, -0.05) is 91.0 Å². The van der Waals surface area contributed by atoms with Crippen molar-refractivity contribution in [3.63, 3.8) is 0 Å². The average molecular weight is 557 g/mol. The molecule has 3 aliphatic heterocycles. The highest BCUT2D eigenvalue weighted by atomic mass is 16.5. The molecule has 0 bridgehead atoms. The van der Waals surface area contributed by atoms with Crippen molar-refractivity contribution in [2.75, 3.05) is 16.9 Å². The molecule has 4 aromatic rings. The van der Waals surface area contributed by atoms with Crippen LogP contribution < -0.4 is 14.5 Å². The number of hydrogen-bond donors (Lipinski definition) is 0. The number of amides is 2. The summed E-state index contributed by atoms with van der Waals surface area (Å²) in [5.74, 6) is -2.33. The molecular formula is C35H28N2O5. The Morgan fingerprint density at radius 1 is 0.738 bits per heavy atom. The summed E-state index contributed by atoms with van der Waals surface area (Å²) in [6.45, 7) is 0. The van der Waals surface area contributed by atoms with Crippen molar-refractivity contribution in [3.05, 3.63) is 132 Å². The van der Waals surface area contributed by atoms with Crippen LogP contribution in [0.25, 0.3) is 6.08 Å². The Hall–Kier alpha value is -5.17. The van der Waals surface area contributed by atoms with Gasteiger partial charge < -0.3 is 14.4 Å². The van der Waals surface area contributed by atoms with Gasteiger partial charge in [0.25, 0.3) is 0 Å². The van der Waals surface area contributed by atoms with Crippen molar-refractivity contribution >= 4 is 35.2 Å². The van der Waals surface area contributed by atoms with Crippen LogP contribution in [0.3, 0.4) is 0 Å². The molecule has 0 N–H and O–H groups in total. The third-order valence-electron chi connectivity index (χ3n) is 8.43. The predicted molar refractivity (Wildman–Crippen MR) is 159 cm³/mol. The molecule has 2 amide bonds. The van der Waals surface area contributed by atoms with Crippen LogP contribution in [0.2, 0.25) is 0 Å². The highest BCUT2D eigenvalue weighted by Crippen LogP contribution is 2.50. The van der Waals surface area contributed by atoms with Gasteiger partial charge in [-0.2, -0.15) is 0 Å². The second-order valence-electron chi connectivity index (χ2n) is 10.7. The topological polar surface area (TPSA) is 76.2 Å². The molecule has 0 aromatic heterocycles. The molecule has 0 saturated carbocycles. The van der Waals surface area contributed by atoms with Crippen molar-refractivity contribution in [1.29, 1.82) is 0 Å². The van der Waals surface area contributed by atoms with Crippen LogP contribution in [0.1, 0.15) is 22.8 Å². The molecule has 3 heterocycles. The number of carbonyl (C=O) groups is 3. The molecule has 42 heavy (non-hydrogen) atoms. The van der Waals surface area contributed by atoms with Crippen molar-refractivity contribution < 1.29 is 23.9 Å². The first-order valence-electron chi connectivity index (χ1n) is 13.9. The van der Waals surface area contributed by atoms with Crippen LogP contribution in [-0.4, -0.2) is 37.0 Å². The molecule has 7 rings (SSSR count). The summed E-state index contributed by atoms with van der Waals surface area (Å²) >= 11 is 0. The van der Waals surface area contributed by atoms with Crippen LogP contribution in [0, 0.1) is 11.8 Å². The number of rotatable bonds is 6. The zero-order chi connectivity index (χ0) is 28.8. The van der Waals surface area contributed by atoms with Crippen LogP contribution in [0.4, 0.5) is 11.4 Å². The van der Waals surface area contributed by atoms with E-state index in [2.05, 4.69) is 0 Å². The molecule has 7 nitrogen and oxygen atoms in total. The number of carbonyl (C=O) groups excluding carboxylic acids is 3. The monoisotopic (exact) mass is 556 g/mol. The van der Waals surface area contributed by atoms with Gasteiger partial charge in [-0.3, -0.25) is 9.59 Å². The van der Waals surface area contributed by atoms with Gasteiger partial charge in [0, 0.05) is 5.69 Å². The van der Waals surface area contributed by atoms with Gasteiger partial charge in [0.1, 0.15) is 11.8 Å². The minimum absolute atomic E-state index is 0.327. The third kappa shape index (κ3) is 4.08. The maximum Gasteiger partial charge on any atom is 0.330 e. The van der Waals surface area contributed by atoms with Gasteiger partial charge in [-0.05, 0) is 47.0 Å². The lowest BCUT2D eigenvalue weighted by atomic mass is 9.88. The zero-order valence-corrected chi connectivity index (χ0v) is 22.9. The molecular weight excluding hydrogens is 528 g/mol. The quantitative estimate of drug-likeness (QED) is 0.233. The maximum atomic E-state index is 14.4. The summed E-state index contributed by atoms with van der Waals surface area (Å²) in [5, 5.41) is 0. The number of anilines is 2. The van der Waals surface area contributed by atoms with Crippen LogP contribution in [0.15, 0.2) is 115 Å². The number of benzene rings is 4. The van der Waals surface area contributed by atoms with E-state index in [1.807, 2.05) is 102 Å². The van der Waals surface area contributed by atoms with Crippen LogP contribution in [-0.2, 0) is 19.1 Å². The smallest absolute Gasteiger partial charge is 0.330 e. The molecule has 4 atom stereocenters. The lowest BCUT2D eigenvalue weighted by molar-refractivity contribution is -0.151. The SMILES string of the molecule is COc1ccc(N2C(=O)[C@@H]3[C@@H](C2=O)[C@@H]2C=Cc4ccccc4N2[C@@H]3C(=O)OC(c2ccccc2)c2ccccc2)cc1. The first-order valence-corrected chi connectivity index (χ1v) is 13.9. The van der Waals surface area contributed by atoms with E-state index >= 15 is 0 Å². The fourth-order valence-corrected chi connectivity index (χ4v) is 6.54. The van der Waals surface area contributed by atoms with Gasteiger partial charge in [0.2, 0.25) is 11.8 Å². The van der Waals surface area contributed by atoms with E-state index < -0.39 is 41.9 Å². The molecule has 3 aliphatic rings. The third-order valence-corrected chi connectivity index (χ3v) is 8.43. The molecule has 0 spiro atoms. The summed E-state index contributed by atoms with van der Waals surface area (Å²) in [5.41, 5.74) is 3.80. The van der Waals surface area contributed by atoms with Crippen LogP contribution >= 0.6 is 0 Å². The Labute approximate surface area is 243 Å². The Morgan fingerprint density at radius 2 is 1.33 bits per heavy atom. The number of imide groups is 1. The Bertz CT molecular complexity index is 1650. The number of esters is 1. The summed E-state index contributed by atoms with van der Waals surface area (Å²) in [4.78, 5) is 45.7. The molecule has 4 aromatic carbocycles. The number of para-hydroxylation sites is 1. The van der Waals surface area contributed by atoms with Crippen molar-refractivity contribution in [1.82, 2.24) is 0 Å². The Kier molecular flexibility index (Phi) is 6.35. The summed E-state index contributed by atoms with van der Waals surface area (Å²) < 4.78 is 11.6. The molecule has 2 fully saturated rings. The highest BCUT2D eigenvalue weighted by Gasteiger charge is 2.65. The van der Waals surface area contributed by atoms with E-state index in [1.165, 1.54) is 4.90 Å². The largest absolute Gasteiger partial charge is 0.497 e. The van der Waals surface area contributed by atoms with Gasteiger partial charge in [0.15, 0.2) is 6.10 Å². The average Bonchev–Trinajstić information content (AvgIpc) is 3.53. The van der Waals surface area contributed by atoms with Gasteiger partial charge >= 0.3 is 5.97 Å². The summed E-state index contributed by atoms with van der Waals surface area (Å²) in [6, 6.07) is 32.1. The van der Waals surface area contributed by atoms with E-state index in [4.69, 9.17) is 9.47 Å². The molecule has 0 aliphatic carbocycles. The second kappa shape index (κ2) is 10.3. The standard InChI is InChI=1S/C35H28N2O5/c1-41-26-19-17-25(18-20-26)36-33(38)29-28-21-16-22-10-8-9-15-27(22)37(28)31(30(29)34(36)39)35(40)42-32(23-11-4-2-5-12-23)24-13-6-3-7-14-24/h2-21,28-32H,1H3/t28-,29-,30+,31-/m0/s1. The fraction of sp³-hybridized carbons (Fsp3) is 0.171. The van der Waals surface area contributed by atoms with Crippen molar-refractivity contribution in [3.8, 4) is 5.75 Å². The number of fused-ring (bicyclic) bond motifs is 5. The van der Waals surface area contributed by atoms with Crippen molar-refractivity contribution in [2.24, 2.45) is 11.8 Å². The minimum atomic E-state index is -0.999. The maximum absolute atomic E-state index is 14.4. The highest BCUT2D eigenvalue weighted by molar-refractivity contribution is 6.24. The fourth-order valence-electron chi connectivity index (χ4n) is 6.54. The van der Waals surface area contributed by atoms with E-state index in [1.54, 1.807) is 31.4 Å². The Balaban J connectivity index is 1.31. The molecule has 2 saturated heterocycles. The van der Waals surface area contributed by atoms with Gasteiger partial charge in [-0.25, -0.2) is 9.69 Å². The normalized spacial score (nSPS) is 22.1. The molecule has 0 radical (unpaired) electrons. The molecule has 0 unspecified atom stereocenters. The number of methoxy groups -OCH3 is 1. The first kappa shape index (κ1) is 25.8. The second-order valence-corrected chi connectivity index (χ2v) is 10.7. The number of ether oxygens (including phenoxy) is 2. The van der Waals surface area contributed by atoms with E-state index in [9.17, 15) is 14.4 Å².